The average Bonchev–Trinajstić information content (AvgIpc) is 2.56. The van der Waals surface area contributed by atoms with Gasteiger partial charge in [-0.25, -0.2) is 0 Å². The van der Waals surface area contributed by atoms with Crippen molar-refractivity contribution < 1.29 is 0 Å². The maximum Gasteiger partial charge on any atom is 0.191 e. The minimum absolute atomic E-state index is 0.446. The predicted molar refractivity (Wildman–Crippen MR) is 89.5 cm³/mol. The molecule has 0 fully saturated rings. The highest BCUT2D eigenvalue weighted by Gasteiger charge is 2.05. The van der Waals surface area contributed by atoms with Crippen molar-refractivity contribution in [3.05, 3.63) is 71.8 Å². The van der Waals surface area contributed by atoms with Gasteiger partial charge < -0.3 is 10.6 Å². The van der Waals surface area contributed by atoms with E-state index in [0.717, 1.165) is 19.0 Å². The Balaban J connectivity index is 1.80. The summed E-state index contributed by atoms with van der Waals surface area (Å²) in [4.78, 5) is 4.26. The number of nitrogens with zero attached hydrogens (tertiary/aromatic N) is 1. The smallest absolute Gasteiger partial charge is 0.191 e. The topological polar surface area (TPSA) is 36.4 Å². The van der Waals surface area contributed by atoms with Crippen LogP contribution in [0.5, 0.6) is 0 Å². The summed E-state index contributed by atoms with van der Waals surface area (Å²) in [5.41, 5.74) is 2.58. The molecule has 2 aromatic rings. The van der Waals surface area contributed by atoms with Gasteiger partial charge in [-0.1, -0.05) is 67.6 Å². The van der Waals surface area contributed by atoms with E-state index < -0.39 is 0 Å². The van der Waals surface area contributed by atoms with E-state index in [0.29, 0.717) is 5.92 Å². The maximum absolute atomic E-state index is 4.26. The lowest BCUT2D eigenvalue weighted by Crippen LogP contribution is -2.38. The van der Waals surface area contributed by atoms with E-state index in [1.165, 1.54) is 11.1 Å². The van der Waals surface area contributed by atoms with Crippen LogP contribution in [0, 0.1) is 0 Å². The van der Waals surface area contributed by atoms with Gasteiger partial charge in [0.2, 0.25) is 0 Å². The Hall–Kier alpha value is -2.29. The van der Waals surface area contributed by atoms with Gasteiger partial charge in [0.1, 0.15) is 0 Å². The molecule has 2 aromatic carbocycles. The molecule has 0 radical (unpaired) electrons. The highest BCUT2D eigenvalue weighted by atomic mass is 15.2. The molecule has 0 saturated carbocycles. The number of aliphatic imine (C=N–C) groups is 1. The third kappa shape index (κ3) is 4.95. The molecule has 0 heterocycles. The number of rotatable bonds is 5. The lowest BCUT2D eigenvalue weighted by Gasteiger charge is -2.16. The second-order valence-corrected chi connectivity index (χ2v) is 5.10. The van der Waals surface area contributed by atoms with Crippen LogP contribution in [-0.2, 0) is 6.54 Å². The molecule has 2 rings (SSSR count). The Morgan fingerprint density at radius 1 is 0.952 bits per heavy atom. The van der Waals surface area contributed by atoms with Gasteiger partial charge in [-0.2, -0.15) is 0 Å². The molecule has 0 spiro atoms. The molecule has 0 amide bonds. The van der Waals surface area contributed by atoms with Crippen LogP contribution < -0.4 is 10.6 Å². The molecule has 0 aliphatic carbocycles. The molecule has 1 atom stereocenters. The summed E-state index contributed by atoms with van der Waals surface area (Å²) in [5.74, 6) is 1.28. The first-order valence-corrected chi connectivity index (χ1v) is 7.33. The van der Waals surface area contributed by atoms with E-state index in [9.17, 15) is 0 Å². The fraction of sp³-hybridized carbons (Fsp3) is 0.278. The third-order valence-corrected chi connectivity index (χ3v) is 3.47. The van der Waals surface area contributed by atoms with Crippen LogP contribution in [0.2, 0.25) is 0 Å². The van der Waals surface area contributed by atoms with Crippen LogP contribution in [0.3, 0.4) is 0 Å². The molecule has 3 heteroatoms. The molecular weight excluding hydrogens is 258 g/mol. The van der Waals surface area contributed by atoms with Crippen LogP contribution in [-0.4, -0.2) is 19.6 Å². The Kier molecular flexibility index (Phi) is 5.83. The summed E-state index contributed by atoms with van der Waals surface area (Å²) in [6, 6.07) is 20.8. The molecule has 0 bridgehead atoms. The van der Waals surface area contributed by atoms with Gasteiger partial charge in [0.05, 0.1) is 0 Å². The SMILES string of the molecule is CN=C(NCc1ccccc1)NCC(C)c1ccccc1. The molecule has 3 nitrogen and oxygen atoms in total. The zero-order valence-corrected chi connectivity index (χ0v) is 12.7. The molecular formula is C18H23N3. The Morgan fingerprint density at radius 3 is 2.19 bits per heavy atom. The minimum atomic E-state index is 0.446. The highest BCUT2D eigenvalue weighted by Crippen LogP contribution is 2.12. The normalized spacial score (nSPS) is 12.8. The molecule has 0 aromatic heterocycles. The lowest BCUT2D eigenvalue weighted by atomic mass is 10.0. The van der Waals surface area contributed by atoms with Gasteiger partial charge in [0, 0.05) is 20.1 Å². The predicted octanol–water partition coefficient (Wildman–Crippen LogP) is 3.16. The number of benzene rings is 2. The highest BCUT2D eigenvalue weighted by molar-refractivity contribution is 5.79. The standard InChI is InChI=1S/C18H23N3/c1-15(17-11-7-4-8-12-17)13-20-18(19-2)21-14-16-9-5-3-6-10-16/h3-12,15H,13-14H2,1-2H3,(H2,19,20,21). The Morgan fingerprint density at radius 2 is 1.57 bits per heavy atom. The van der Waals surface area contributed by atoms with Crippen molar-refractivity contribution in [2.75, 3.05) is 13.6 Å². The largest absolute Gasteiger partial charge is 0.356 e. The van der Waals surface area contributed by atoms with Gasteiger partial charge >= 0.3 is 0 Å². The second-order valence-electron chi connectivity index (χ2n) is 5.10. The van der Waals surface area contributed by atoms with E-state index in [-0.39, 0.29) is 0 Å². The lowest BCUT2D eigenvalue weighted by molar-refractivity contribution is 0.699. The zero-order chi connectivity index (χ0) is 14.9. The summed E-state index contributed by atoms with van der Waals surface area (Å²) in [7, 11) is 1.80. The molecule has 0 aliphatic rings. The van der Waals surface area contributed by atoms with Crippen molar-refractivity contribution in [2.45, 2.75) is 19.4 Å². The van der Waals surface area contributed by atoms with Crippen LogP contribution >= 0.6 is 0 Å². The van der Waals surface area contributed by atoms with Gasteiger partial charge in [-0.05, 0) is 17.0 Å². The maximum atomic E-state index is 4.26. The van der Waals surface area contributed by atoms with Crippen LogP contribution in [0.25, 0.3) is 0 Å². The Bertz CT molecular complexity index is 549. The summed E-state index contributed by atoms with van der Waals surface area (Å²) in [6.07, 6.45) is 0. The van der Waals surface area contributed by atoms with Gasteiger partial charge in [-0.15, -0.1) is 0 Å². The number of guanidine groups is 1. The van der Waals surface area contributed by atoms with Gasteiger partial charge in [0.25, 0.3) is 0 Å². The number of hydrogen-bond donors (Lipinski definition) is 2. The molecule has 0 saturated heterocycles. The van der Waals surface area contributed by atoms with E-state index in [1.54, 1.807) is 7.05 Å². The monoisotopic (exact) mass is 281 g/mol. The van der Waals surface area contributed by atoms with E-state index in [1.807, 2.05) is 24.3 Å². The molecule has 1 unspecified atom stereocenters. The number of hydrogen-bond acceptors (Lipinski definition) is 1. The quantitative estimate of drug-likeness (QED) is 0.652. The van der Waals surface area contributed by atoms with Gasteiger partial charge in [0.15, 0.2) is 5.96 Å². The van der Waals surface area contributed by atoms with Crippen molar-refractivity contribution in [1.82, 2.24) is 10.6 Å². The van der Waals surface area contributed by atoms with Crippen LogP contribution in [0.4, 0.5) is 0 Å². The van der Waals surface area contributed by atoms with Crippen molar-refractivity contribution in [3.63, 3.8) is 0 Å². The summed E-state index contributed by atoms with van der Waals surface area (Å²) in [5, 5.41) is 6.71. The van der Waals surface area contributed by atoms with Crippen molar-refractivity contribution in [3.8, 4) is 0 Å². The van der Waals surface area contributed by atoms with Crippen molar-refractivity contribution in [2.24, 2.45) is 4.99 Å². The summed E-state index contributed by atoms with van der Waals surface area (Å²) >= 11 is 0. The Labute approximate surface area is 127 Å². The molecule has 21 heavy (non-hydrogen) atoms. The van der Waals surface area contributed by atoms with Crippen LogP contribution in [0.15, 0.2) is 65.7 Å². The molecule has 110 valence electrons. The summed E-state index contributed by atoms with van der Waals surface area (Å²) < 4.78 is 0. The van der Waals surface area contributed by atoms with Gasteiger partial charge in [-0.3, -0.25) is 4.99 Å². The van der Waals surface area contributed by atoms with E-state index in [4.69, 9.17) is 0 Å². The van der Waals surface area contributed by atoms with E-state index >= 15 is 0 Å². The fourth-order valence-corrected chi connectivity index (χ4v) is 2.15. The summed E-state index contributed by atoms with van der Waals surface area (Å²) in [6.45, 7) is 3.85. The first-order chi connectivity index (χ1) is 10.3. The molecule has 2 N–H and O–H groups in total. The van der Waals surface area contributed by atoms with Crippen molar-refractivity contribution >= 4 is 5.96 Å². The third-order valence-electron chi connectivity index (χ3n) is 3.47. The average molecular weight is 281 g/mol. The zero-order valence-electron chi connectivity index (χ0n) is 12.7. The fourth-order valence-electron chi connectivity index (χ4n) is 2.15. The van der Waals surface area contributed by atoms with Crippen molar-refractivity contribution in [1.29, 1.82) is 0 Å². The van der Waals surface area contributed by atoms with Crippen LogP contribution in [0.1, 0.15) is 24.0 Å². The first-order valence-electron chi connectivity index (χ1n) is 7.33. The molecule has 0 aliphatic heterocycles. The first kappa shape index (κ1) is 15.1. The minimum Gasteiger partial charge on any atom is -0.356 e. The number of nitrogens with one attached hydrogen (secondary N) is 2. The van der Waals surface area contributed by atoms with E-state index in [2.05, 4.69) is 58.9 Å². The second kappa shape index (κ2) is 8.10.